The largest absolute Gasteiger partial charge is 0.488 e. The van der Waals surface area contributed by atoms with Crippen molar-refractivity contribution in [2.75, 3.05) is 13.2 Å². The lowest BCUT2D eigenvalue weighted by Gasteiger charge is -2.17. The van der Waals surface area contributed by atoms with E-state index in [0.717, 1.165) is 12.1 Å². The lowest BCUT2D eigenvalue weighted by Crippen LogP contribution is -2.41. The number of hydrogen-bond donors (Lipinski definition) is 2. The van der Waals surface area contributed by atoms with Crippen molar-refractivity contribution in [1.29, 1.82) is 0 Å². The van der Waals surface area contributed by atoms with Crippen LogP contribution in [0.4, 0.5) is 8.78 Å². The number of nitrogens with two attached hydrogens (primary N) is 1. The van der Waals surface area contributed by atoms with Gasteiger partial charge in [0.15, 0.2) is 11.6 Å². The van der Waals surface area contributed by atoms with E-state index >= 15 is 0 Å². The first-order chi connectivity index (χ1) is 8.93. The smallest absolute Gasteiger partial charge is 0.224 e. The van der Waals surface area contributed by atoms with Crippen LogP contribution in [0.2, 0.25) is 0 Å². The van der Waals surface area contributed by atoms with E-state index in [9.17, 15) is 13.6 Å². The third-order valence-electron chi connectivity index (χ3n) is 2.57. The van der Waals surface area contributed by atoms with Crippen molar-refractivity contribution in [3.8, 4) is 5.75 Å². The molecular weight excluding hydrogens is 290 g/mol. The summed E-state index contributed by atoms with van der Waals surface area (Å²) in [5, 5.41) is 2.69. The fraction of sp³-hybridized carbons (Fsp3) is 0.462. The van der Waals surface area contributed by atoms with E-state index in [1.807, 2.05) is 0 Å². The lowest BCUT2D eigenvalue weighted by molar-refractivity contribution is -0.125. The molecule has 0 aliphatic heterocycles. The Morgan fingerprint density at radius 2 is 2.05 bits per heavy atom. The number of amides is 1. The Labute approximate surface area is 123 Å². The fourth-order valence-corrected chi connectivity index (χ4v) is 1.34. The van der Waals surface area contributed by atoms with Crippen molar-refractivity contribution < 1.29 is 18.3 Å². The zero-order valence-electron chi connectivity index (χ0n) is 11.4. The van der Waals surface area contributed by atoms with Gasteiger partial charge in [0, 0.05) is 18.5 Å². The van der Waals surface area contributed by atoms with Gasteiger partial charge in [0.25, 0.3) is 0 Å². The van der Waals surface area contributed by atoms with Crippen molar-refractivity contribution in [3.05, 3.63) is 29.8 Å². The van der Waals surface area contributed by atoms with Crippen molar-refractivity contribution in [2.45, 2.75) is 19.9 Å². The van der Waals surface area contributed by atoms with Gasteiger partial charge in [-0.25, -0.2) is 8.78 Å². The van der Waals surface area contributed by atoms with Crippen LogP contribution in [0.3, 0.4) is 0 Å². The normalized spacial score (nSPS) is 13.1. The number of ether oxygens (including phenoxy) is 1. The molecule has 0 saturated carbocycles. The van der Waals surface area contributed by atoms with Crippen LogP contribution in [-0.2, 0) is 4.79 Å². The molecule has 0 fully saturated rings. The van der Waals surface area contributed by atoms with Crippen molar-refractivity contribution in [3.63, 3.8) is 0 Å². The van der Waals surface area contributed by atoms with Crippen molar-refractivity contribution in [1.82, 2.24) is 5.32 Å². The minimum Gasteiger partial charge on any atom is -0.488 e. The van der Waals surface area contributed by atoms with Crippen LogP contribution in [0.15, 0.2) is 18.2 Å². The molecule has 3 N–H and O–H groups in total. The molecule has 1 aromatic carbocycles. The summed E-state index contributed by atoms with van der Waals surface area (Å²) in [6.45, 7) is 3.78. The predicted octanol–water partition coefficient (Wildman–Crippen LogP) is 1.86. The third-order valence-corrected chi connectivity index (χ3v) is 2.57. The topological polar surface area (TPSA) is 64.3 Å². The second-order valence-electron chi connectivity index (χ2n) is 4.43. The number of carbonyl (C=O) groups excluding carboxylic acids is 1. The second kappa shape index (κ2) is 8.71. The molecule has 7 heteroatoms. The van der Waals surface area contributed by atoms with E-state index in [-0.39, 0.29) is 49.2 Å². The molecule has 1 amide bonds. The maximum absolute atomic E-state index is 13.3. The maximum Gasteiger partial charge on any atom is 0.224 e. The van der Waals surface area contributed by atoms with Crippen LogP contribution in [0.25, 0.3) is 0 Å². The van der Waals surface area contributed by atoms with Crippen LogP contribution in [0.1, 0.15) is 13.8 Å². The first-order valence-electron chi connectivity index (χ1n) is 6.02. The third kappa shape index (κ3) is 5.71. The Morgan fingerprint density at radius 3 is 2.60 bits per heavy atom. The Kier molecular flexibility index (Phi) is 8.10. The molecule has 0 aliphatic rings. The summed E-state index contributed by atoms with van der Waals surface area (Å²) in [5.74, 6) is -1.95. The van der Waals surface area contributed by atoms with Crippen LogP contribution in [-0.4, -0.2) is 25.1 Å². The van der Waals surface area contributed by atoms with E-state index in [1.54, 1.807) is 13.8 Å². The molecule has 0 heterocycles. The lowest BCUT2D eigenvalue weighted by atomic mass is 10.1. The first-order valence-corrected chi connectivity index (χ1v) is 6.02. The van der Waals surface area contributed by atoms with Gasteiger partial charge < -0.3 is 15.8 Å². The molecular formula is C13H19ClF2N2O2. The summed E-state index contributed by atoms with van der Waals surface area (Å²) in [4.78, 5) is 11.5. The number of halogens is 3. The molecule has 0 aromatic heterocycles. The molecule has 0 bridgehead atoms. The average molecular weight is 309 g/mol. The molecule has 0 spiro atoms. The molecule has 0 saturated heterocycles. The predicted molar refractivity (Wildman–Crippen MR) is 74.9 cm³/mol. The highest BCUT2D eigenvalue weighted by Gasteiger charge is 2.14. The van der Waals surface area contributed by atoms with Gasteiger partial charge in [0.1, 0.15) is 12.4 Å². The molecule has 20 heavy (non-hydrogen) atoms. The maximum atomic E-state index is 13.3. The minimum atomic E-state index is -0.770. The summed E-state index contributed by atoms with van der Waals surface area (Å²) >= 11 is 0. The zero-order valence-corrected chi connectivity index (χ0v) is 12.2. The van der Waals surface area contributed by atoms with Crippen LogP contribution in [0, 0.1) is 17.6 Å². The Morgan fingerprint density at radius 1 is 1.40 bits per heavy atom. The molecule has 2 atom stereocenters. The summed E-state index contributed by atoms with van der Waals surface area (Å²) in [7, 11) is 0. The van der Waals surface area contributed by atoms with Crippen LogP contribution < -0.4 is 15.8 Å². The minimum absolute atomic E-state index is 0. The van der Waals surface area contributed by atoms with E-state index in [4.69, 9.17) is 10.5 Å². The summed E-state index contributed by atoms with van der Waals surface area (Å²) in [6.07, 6.45) is 0. The Hall–Kier alpha value is -1.40. The Bertz CT molecular complexity index is 446. The monoisotopic (exact) mass is 308 g/mol. The highest BCUT2D eigenvalue weighted by molar-refractivity contribution is 5.85. The summed E-state index contributed by atoms with van der Waals surface area (Å²) in [5.41, 5.74) is 5.37. The number of rotatable bonds is 6. The quantitative estimate of drug-likeness (QED) is 0.843. The molecule has 0 radical (unpaired) electrons. The van der Waals surface area contributed by atoms with Crippen molar-refractivity contribution >= 4 is 18.3 Å². The second-order valence-corrected chi connectivity index (χ2v) is 4.43. The van der Waals surface area contributed by atoms with Crippen molar-refractivity contribution in [2.24, 2.45) is 11.7 Å². The molecule has 1 aromatic rings. The van der Waals surface area contributed by atoms with E-state index in [2.05, 4.69) is 5.32 Å². The van der Waals surface area contributed by atoms with E-state index < -0.39 is 11.6 Å². The summed E-state index contributed by atoms with van der Waals surface area (Å²) < 4.78 is 31.1. The molecule has 114 valence electrons. The number of hydrogen-bond acceptors (Lipinski definition) is 3. The SMILES string of the molecule is CC(COc1ccc(F)cc1F)NC(=O)C(C)CN.Cl. The zero-order chi connectivity index (χ0) is 14.4. The number of benzene rings is 1. The molecule has 2 unspecified atom stereocenters. The summed E-state index contributed by atoms with van der Waals surface area (Å²) in [6, 6.07) is 2.76. The van der Waals surface area contributed by atoms with Gasteiger partial charge in [-0.2, -0.15) is 0 Å². The van der Waals surface area contributed by atoms with Gasteiger partial charge in [-0.3, -0.25) is 4.79 Å². The molecule has 1 rings (SSSR count). The van der Waals surface area contributed by atoms with Gasteiger partial charge in [-0.1, -0.05) is 6.92 Å². The Balaban J connectivity index is 0.00000361. The van der Waals surface area contributed by atoms with Gasteiger partial charge in [0.05, 0.1) is 6.04 Å². The number of carbonyl (C=O) groups is 1. The van der Waals surface area contributed by atoms with Gasteiger partial charge >= 0.3 is 0 Å². The van der Waals surface area contributed by atoms with E-state index in [0.29, 0.717) is 0 Å². The number of nitrogens with one attached hydrogen (secondary N) is 1. The standard InChI is InChI=1S/C13H18F2N2O2.ClH/c1-8(6-16)13(18)17-9(2)7-19-12-4-3-10(14)5-11(12)15;/h3-5,8-9H,6-7,16H2,1-2H3,(H,17,18);1H. The highest BCUT2D eigenvalue weighted by atomic mass is 35.5. The molecule has 4 nitrogen and oxygen atoms in total. The average Bonchev–Trinajstić information content (AvgIpc) is 2.36. The van der Waals surface area contributed by atoms with Gasteiger partial charge in [0.2, 0.25) is 5.91 Å². The van der Waals surface area contributed by atoms with Gasteiger partial charge in [-0.15, -0.1) is 12.4 Å². The van der Waals surface area contributed by atoms with Gasteiger partial charge in [-0.05, 0) is 19.1 Å². The first kappa shape index (κ1) is 18.6. The van der Waals surface area contributed by atoms with Crippen LogP contribution in [0.5, 0.6) is 5.75 Å². The fourth-order valence-electron chi connectivity index (χ4n) is 1.34. The highest BCUT2D eigenvalue weighted by Crippen LogP contribution is 2.17. The van der Waals surface area contributed by atoms with Crippen LogP contribution >= 0.6 is 12.4 Å². The molecule has 0 aliphatic carbocycles. The van der Waals surface area contributed by atoms with E-state index in [1.165, 1.54) is 6.07 Å².